The first kappa shape index (κ1) is 19.2. The normalized spacial score (nSPS) is 11.1. The molecule has 0 spiro atoms. The first-order valence-corrected chi connectivity index (χ1v) is 7.87. The number of nitrogens with zero attached hydrogens (tertiary/aromatic N) is 2. The van der Waals surface area contributed by atoms with Crippen molar-refractivity contribution in [3.8, 4) is 5.75 Å². The van der Waals surface area contributed by atoms with Crippen molar-refractivity contribution < 1.29 is 19.3 Å². The molecule has 0 saturated heterocycles. The van der Waals surface area contributed by atoms with Gasteiger partial charge in [0.25, 0.3) is 5.69 Å². The number of benzene rings is 2. The highest BCUT2D eigenvalue weighted by molar-refractivity contribution is 6.31. The summed E-state index contributed by atoms with van der Waals surface area (Å²) in [6, 6.07) is 10.8. The zero-order valence-corrected chi connectivity index (χ0v) is 14.6. The Morgan fingerprint density at radius 3 is 2.58 bits per heavy atom. The van der Waals surface area contributed by atoms with E-state index in [0.717, 1.165) is 5.56 Å². The molecule has 0 aromatic heterocycles. The third-order valence-electron chi connectivity index (χ3n) is 3.28. The number of non-ortho nitro benzene ring substituents is 1. The molecule has 8 nitrogen and oxygen atoms in total. The van der Waals surface area contributed by atoms with Crippen LogP contribution in [-0.4, -0.2) is 23.3 Å². The van der Waals surface area contributed by atoms with Gasteiger partial charge < -0.3 is 15.3 Å². The van der Waals surface area contributed by atoms with Crippen LogP contribution in [-0.2, 0) is 16.1 Å². The van der Waals surface area contributed by atoms with E-state index < -0.39 is 10.9 Å². The lowest BCUT2D eigenvalue weighted by Gasteiger charge is -2.06. The van der Waals surface area contributed by atoms with Crippen molar-refractivity contribution in [1.82, 2.24) is 0 Å². The Balaban J connectivity index is 1.82. The van der Waals surface area contributed by atoms with Gasteiger partial charge in [0.15, 0.2) is 6.61 Å². The number of carbonyl (C=O) groups excluding carboxylic acids is 1. The zero-order valence-electron chi connectivity index (χ0n) is 13.8. The summed E-state index contributed by atoms with van der Waals surface area (Å²) in [6.07, 6.45) is 0.183. The number of nitro groups is 1. The van der Waals surface area contributed by atoms with Crippen molar-refractivity contribution in [3.05, 3.63) is 68.7 Å². The van der Waals surface area contributed by atoms with E-state index in [9.17, 15) is 14.9 Å². The molecule has 0 aliphatic rings. The number of rotatable bonds is 7. The van der Waals surface area contributed by atoms with Crippen LogP contribution in [0.1, 0.15) is 11.1 Å². The minimum Gasteiger partial charge on any atom is -0.482 e. The fraction of sp³-hybridized carbons (Fsp3) is 0.176. The molecule has 9 heteroatoms. The van der Waals surface area contributed by atoms with Crippen LogP contribution in [0.4, 0.5) is 5.69 Å². The quantitative estimate of drug-likeness (QED) is 0.260. The molecule has 0 radical (unpaired) electrons. The van der Waals surface area contributed by atoms with Crippen LogP contribution in [0, 0.1) is 17.0 Å². The van der Waals surface area contributed by atoms with Gasteiger partial charge in [-0.2, -0.15) is 0 Å². The van der Waals surface area contributed by atoms with Crippen molar-refractivity contribution >= 4 is 29.1 Å². The second-order valence-corrected chi connectivity index (χ2v) is 5.75. The van der Waals surface area contributed by atoms with Crippen LogP contribution < -0.4 is 10.5 Å². The molecule has 2 aromatic rings. The highest BCUT2D eigenvalue weighted by Crippen LogP contribution is 2.21. The second-order valence-electron chi connectivity index (χ2n) is 5.35. The number of ether oxygens (including phenoxy) is 1. The number of amidine groups is 1. The molecule has 2 rings (SSSR count). The number of nitrogens with two attached hydrogens (primary N) is 1. The summed E-state index contributed by atoms with van der Waals surface area (Å²) in [5.41, 5.74) is 7.17. The van der Waals surface area contributed by atoms with E-state index >= 15 is 0 Å². The van der Waals surface area contributed by atoms with E-state index in [2.05, 4.69) is 9.99 Å². The van der Waals surface area contributed by atoms with E-state index in [1.807, 2.05) is 6.92 Å². The van der Waals surface area contributed by atoms with Crippen LogP contribution >= 0.6 is 11.6 Å². The van der Waals surface area contributed by atoms with Gasteiger partial charge in [-0.15, -0.1) is 0 Å². The number of aryl methyl sites for hydroxylation is 1. The third kappa shape index (κ3) is 5.75. The molecule has 0 unspecified atom stereocenters. The SMILES string of the molecule is Cc1cc(OCC(=O)O/N=C(/N)Cc2ccc([N+](=O)[O-])cc2)ccc1Cl. The minimum absolute atomic E-state index is 0.0229. The van der Waals surface area contributed by atoms with Crippen LogP contribution in [0.3, 0.4) is 0 Å². The first-order chi connectivity index (χ1) is 12.3. The van der Waals surface area contributed by atoms with Gasteiger partial charge in [0.05, 0.1) is 4.92 Å². The van der Waals surface area contributed by atoms with Gasteiger partial charge in [-0.05, 0) is 36.2 Å². The average molecular weight is 378 g/mol. The van der Waals surface area contributed by atoms with Gasteiger partial charge in [-0.1, -0.05) is 28.9 Å². The predicted octanol–water partition coefficient (Wildman–Crippen LogP) is 2.99. The topological polar surface area (TPSA) is 117 Å². The van der Waals surface area contributed by atoms with Crippen molar-refractivity contribution in [2.45, 2.75) is 13.3 Å². The molecule has 0 aliphatic carbocycles. The molecule has 2 N–H and O–H groups in total. The van der Waals surface area contributed by atoms with E-state index in [1.54, 1.807) is 30.3 Å². The summed E-state index contributed by atoms with van der Waals surface area (Å²) in [5.74, 6) is -0.189. The van der Waals surface area contributed by atoms with Gasteiger partial charge in [-0.25, -0.2) is 4.79 Å². The van der Waals surface area contributed by atoms with Gasteiger partial charge in [0, 0.05) is 23.6 Å². The third-order valence-corrected chi connectivity index (χ3v) is 3.71. The smallest absolute Gasteiger partial charge is 0.372 e. The molecule has 0 heterocycles. The first-order valence-electron chi connectivity index (χ1n) is 7.49. The molecule has 0 atom stereocenters. The maximum atomic E-state index is 11.6. The van der Waals surface area contributed by atoms with Crippen LogP contribution in [0.2, 0.25) is 5.02 Å². The minimum atomic E-state index is -0.718. The standard InChI is InChI=1S/C17H16ClN3O5/c1-11-8-14(6-7-15(11)18)25-10-17(22)26-20-16(19)9-12-2-4-13(5-3-12)21(23)24/h2-8H,9-10H2,1H3,(H2,19,20). The lowest BCUT2D eigenvalue weighted by Crippen LogP contribution is -2.19. The van der Waals surface area contributed by atoms with Crippen LogP contribution in [0.25, 0.3) is 0 Å². The number of hydrogen-bond acceptors (Lipinski definition) is 6. The Morgan fingerprint density at radius 1 is 1.27 bits per heavy atom. The summed E-state index contributed by atoms with van der Waals surface area (Å²) in [7, 11) is 0. The monoisotopic (exact) mass is 377 g/mol. The molecule has 136 valence electrons. The van der Waals surface area contributed by atoms with E-state index in [0.29, 0.717) is 16.3 Å². The number of oxime groups is 1. The Labute approximate surface area is 154 Å². The van der Waals surface area contributed by atoms with Gasteiger partial charge in [0.2, 0.25) is 0 Å². The molecule has 0 saturated carbocycles. The maximum absolute atomic E-state index is 11.6. The van der Waals surface area contributed by atoms with E-state index in [1.165, 1.54) is 12.1 Å². The largest absolute Gasteiger partial charge is 0.482 e. The molecule has 0 bridgehead atoms. The van der Waals surface area contributed by atoms with Crippen molar-refractivity contribution in [3.63, 3.8) is 0 Å². The number of hydrogen-bond donors (Lipinski definition) is 1. The number of halogens is 1. The Hall–Kier alpha value is -3.13. The van der Waals surface area contributed by atoms with Gasteiger partial charge in [0.1, 0.15) is 11.6 Å². The van der Waals surface area contributed by atoms with Crippen molar-refractivity contribution in [2.24, 2.45) is 10.9 Å². The molecule has 0 amide bonds. The van der Waals surface area contributed by atoms with Crippen LogP contribution in [0.5, 0.6) is 5.75 Å². The highest BCUT2D eigenvalue weighted by atomic mass is 35.5. The van der Waals surface area contributed by atoms with Crippen LogP contribution in [0.15, 0.2) is 47.6 Å². The van der Waals surface area contributed by atoms with E-state index in [4.69, 9.17) is 22.1 Å². The summed E-state index contributed by atoms with van der Waals surface area (Å²) in [6.45, 7) is 1.48. The summed E-state index contributed by atoms with van der Waals surface area (Å²) in [4.78, 5) is 26.4. The van der Waals surface area contributed by atoms with Crippen molar-refractivity contribution in [1.29, 1.82) is 0 Å². The molecular formula is C17H16ClN3O5. The molecular weight excluding hydrogens is 362 g/mol. The van der Waals surface area contributed by atoms with Gasteiger partial charge >= 0.3 is 5.97 Å². The number of carbonyl (C=O) groups is 1. The highest BCUT2D eigenvalue weighted by Gasteiger charge is 2.08. The summed E-state index contributed by atoms with van der Waals surface area (Å²) in [5, 5.41) is 14.7. The Morgan fingerprint density at radius 2 is 1.96 bits per heavy atom. The lowest BCUT2D eigenvalue weighted by molar-refractivity contribution is -0.384. The molecule has 0 fully saturated rings. The van der Waals surface area contributed by atoms with Gasteiger partial charge in [-0.3, -0.25) is 10.1 Å². The second kappa shape index (κ2) is 8.82. The Kier molecular flexibility index (Phi) is 6.51. The molecule has 0 aliphatic heterocycles. The zero-order chi connectivity index (χ0) is 19.1. The fourth-order valence-electron chi connectivity index (χ4n) is 1.96. The van der Waals surface area contributed by atoms with Crippen molar-refractivity contribution in [2.75, 3.05) is 6.61 Å². The fourth-order valence-corrected chi connectivity index (χ4v) is 2.08. The predicted molar refractivity (Wildman–Crippen MR) is 96.2 cm³/mol. The average Bonchev–Trinajstić information content (AvgIpc) is 2.61. The lowest BCUT2D eigenvalue weighted by atomic mass is 10.1. The summed E-state index contributed by atoms with van der Waals surface area (Å²) >= 11 is 5.91. The van der Waals surface area contributed by atoms with E-state index in [-0.39, 0.29) is 24.6 Å². The Bertz CT molecular complexity index is 837. The number of nitro benzene ring substituents is 1. The molecule has 26 heavy (non-hydrogen) atoms. The maximum Gasteiger partial charge on any atom is 0.372 e. The molecule has 2 aromatic carbocycles. The summed E-state index contributed by atoms with van der Waals surface area (Å²) < 4.78 is 5.28.